The highest BCUT2D eigenvalue weighted by Gasteiger charge is 2.38. The third-order valence-corrected chi connectivity index (χ3v) is 5.71. The van der Waals surface area contributed by atoms with E-state index in [4.69, 9.17) is 4.74 Å². The second kappa shape index (κ2) is 10.8. The molecule has 3 amide bonds. The number of hydrogen-bond donors (Lipinski definition) is 4. The van der Waals surface area contributed by atoms with E-state index in [-0.39, 0.29) is 17.4 Å². The molecule has 0 bridgehead atoms. The molecule has 1 aliphatic heterocycles. The monoisotopic (exact) mass is 456 g/mol. The Labute approximate surface area is 189 Å². The summed E-state index contributed by atoms with van der Waals surface area (Å²) in [5.74, 6) is -0.654. The second-order valence-electron chi connectivity index (χ2n) is 7.01. The van der Waals surface area contributed by atoms with Gasteiger partial charge in [-0.25, -0.2) is 0 Å². The average molecular weight is 457 g/mol. The lowest BCUT2D eigenvalue weighted by atomic mass is 10.1. The summed E-state index contributed by atoms with van der Waals surface area (Å²) < 4.78 is 5.09. The second-order valence-corrected chi connectivity index (χ2v) is 8.11. The number of methoxy groups -OCH3 is 1. The van der Waals surface area contributed by atoms with Crippen LogP contribution in [0.25, 0.3) is 0 Å². The molecule has 1 saturated heterocycles. The number of nitrogens with one attached hydrogen (secondary N) is 4. The number of ether oxygens (including phenoxy) is 1. The first-order valence-corrected chi connectivity index (χ1v) is 10.9. The molecule has 9 nitrogen and oxygen atoms in total. The van der Waals surface area contributed by atoms with Gasteiger partial charge in [-0.2, -0.15) is 0 Å². The molecule has 3 rings (SSSR count). The van der Waals surface area contributed by atoms with E-state index >= 15 is 0 Å². The lowest BCUT2D eigenvalue weighted by molar-refractivity contribution is -0.127. The average Bonchev–Trinajstić information content (AvgIpc) is 2.79. The maximum atomic E-state index is 12.7. The minimum Gasteiger partial charge on any atom is -0.497 e. The van der Waals surface area contributed by atoms with Gasteiger partial charge < -0.3 is 20.7 Å². The molecule has 10 heteroatoms. The maximum absolute atomic E-state index is 12.7. The lowest BCUT2D eigenvalue weighted by Gasteiger charge is -2.37. The van der Waals surface area contributed by atoms with Crippen LogP contribution in [-0.4, -0.2) is 54.1 Å². The van der Waals surface area contributed by atoms with Crippen molar-refractivity contribution in [3.05, 3.63) is 65.7 Å². The minimum absolute atomic E-state index is 0.0953. The number of carbonyl (C=O) groups is 4. The van der Waals surface area contributed by atoms with Crippen LogP contribution in [0.2, 0.25) is 0 Å². The summed E-state index contributed by atoms with van der Waals surface area (Å²) >= 11 is 1.17. The van der Waals surface area contributed by atoms with Gasteiger partial charge in [0.05, 0.1) is 12.9 Å². The van der Waals surface area contributed by atoms with Crippen LogP contribution in [0.1, 0.15) is 27.6 Å². The summed E-state index contributed by atoms with van der Waals surface area (Å²) in [4.78, 5) is 49.3. The van der Waals surface area contributed by atoms with Crippen LogP contribution in [0.5, 0.6) is 5.75 Å². The number of rotatable bonds is 8. The Kier molecular flexibility index (Phi) is 7.85. The van der Waals surface area contributed by atoms with Gasteiger partial charge in [-0.05, 0) is 36.4 Å². The fraction of sp³-hybridized carbons (Fsp3) is 0.273. The van der Waals surface area contributed by atoms with Gasteiger partial charge in [0, 0.05) is 18.1 Å². The summed E-state index contributed by atoms with van der Waals surface area (Å²) in [6.45, 7) is 1.32. The first-order valence-electron chi connectivity index (χ1n) is 9.85. The Balaban J connectivity index is 1.62. The van der Waals surface area contributed by atoms with E-state index < -0.39 is 29.5 Å². The van der Waals surface area contributed by atoms with Gasteiger partial charge in [0.15, 0.2) is 5.78 Å². The highest BCUT2D eigenvalue weighted by Crippen LogP contribution is 2.17. The molecule has 4 N–H and O–H groups in total. The largest absolute Gasteiger partial charge is 0.497 e. The Bertz CT molecular complexity index is 984. The van der Waals surface area contributed by atoms with Crippen LogP contribution in [0.4, 0.5) is 0 Å². The van der Waals surface area contributed by atoms with Crippen LogP contribution < -0.4 is 26.0 Å². The van der Waals surface area contributed by atoms with Crippen molar-refractivity contribution in [2.24, 2.45) is 0 Å². The maximum Gasteiger partial charge on any atom is 0.252 e. The third kappa shape index (κ3) is 6.08. The van der Waals surface area contributed by atoms with Crippen molar-refractivity contribution in [3.8, 4) is 5.75 Å². The fourth-order valence-electron chi connectivity index (χ4n) is 3.09. The number of thioether (sulfide) groups is 1. The summed E-state index contributed by atoms with van der Waals surface area (Å²) in [5.41, 5.74) is 0.279. The van der Waals surface area contributed by atoms with Crippen LogP contribution in [-0.2, 0) is 9.59 Å². The highest BCUT2D eigenvalue weighted by molar-refractivity contribution is 8.00. The molecule has 0 radical (unpaired) electrons. The van der Waals surface area contributed by atoms with Gasteiger partial charge in [-0.3, -0.25) is 24.5 Å². The molecule has 1 aliphatic rings. The van der Waals surface area contributed by atoms with Gasteiger partial charge in [-0.15, -0.1) is 11.8 Å². The Hall–Kier alpha value is -3.37. The SMILES string of the molecule is COc1ccc(C(=O)CSC2NC(=O)C(NC(=O)c3ccccc3)C(NC(C)=O)N2)cc1. The van der Waals surface area contributed by atoms with Crippen molar-refractivity contribution in [1.82, 2.24) is 21.3 Å². The molecule has 0 saturated carbocycles. The van der Waals surface area contributed by atoms with E-state index in [1.807, 2.05) is 0 Å². The molecule has 1 fully saturated rings. The van der Waals surface area contributed by atoms with Gasteiger partial charge in [0.2, 0.25) is 11.8 Å². The topological polar surface area (TPSA) is 126 Å². The first kappa shape index (κ1) is 23.3. The summed E-state index contributed by atoms with van der Waals surface area (Å²) in [6, 6.07) is 14.2. The molecule has 1 heterocycles. The number of hydrogen-bond acceptors (Lipinski definition) is 7. The van der Waals surface area contributed by atoms with Crippen LogP contribution in [0, 0.1) is 0 Å². The van der Waals surface area contributed by atoms with E-state index in [1.54, 1.807) is 61.7 Å². The molecule has 2 aromatic carbocycles. The molecule has 2 aromatic rings. The van der Waals surface area contributed by atoms with E-state index in [0.29, 0.717) is 16.9 Å². The molecule has 3 unspecified atom stereocenters. The summed E-state index contributed by atoms with van der Waals surface area (Å²) in [7, 11) is 1.55. The molecule has 0 aliphatic carbocycles. The fourth-order valence-corrected chi connectivity index (χ4v) is 4.01. The van der Waals surface area contributed by atoms with Gasteiger partial charge in [-0.1, -0.05) is 18.2 Å². The van der Waals surface area contributed by atoms with Gasteiger partial charge >= 0.3 is 0 Å². The number of ketones is 1. The Morgan fingerprint density at radius 2 is 1.69 bits per heavy atom. The first-order chi connectivity index (χ1) is 15.4. The number of Topliss-reactive ketones (excluding diaryl/α,β-unsaturated/α-hetero) is 1. The Morgan fingerprint density at radius 3 is 2.31 bits per heavy atom. The quantitative estimate of drug-likeness (QED) is 0.435. The summed E-state index contributed by atoms with van der Waals surface area (Å²) in [5, 5.41) is 11.1. The van der Waals surface area contributed by atoms with Gasteiger partial charge in [0.1, 0.15) is 23.5 Å². The third-order valence-electron chi connectivity index (χ3n) is 4.69. The van der Waals surface area contributed by atoms with E-state index in [0.717, 1.165) is 0 Å². The molecule has 32 heavy (non-hydrogen) atoms. The van der Waals surface area contributed by atoms with Crippen molar-refractivity contribution < 1.29 is 23.9 Å². The van der Waals surface area contributed by atoms with Crippen LogP contribution in [0.15, 0.2) is 54.6 Å². The molecule has 0 spiro atoms. The Morgan fingerprint density at radius 1 is 1.00 bits per heavy atom. The van der Waals surface area contributed by atoms with Crippen molar-refractivity contribution in [1.29, 1.82) is 0 Å². The normalized spacial score (nSPS) is 20.1. The smallest absolute Gasteiger partial charge is 0.252 e. The molecular formula is C22H24N4O5S. The van der Waals surface area contributed by atoms with Crippen molar-refractivity contribution in [2.75, 3.05) is 12.9 Å². The zero-order valence-electron chi connectivity index (χ0n) is 17.6. The van der Waals surface area contributed by atoms with Crippen molar-refractivity contribution >= 4 is 35.3 Å². The molecular weight excluding hydrogens is 432 g/mol. The predicted molar refractivity (Wildman–Crippen MR) is 120 cm³/mol. The lowest BCUT2D eigenvalue weighted by Crippen LogP contribution is -2.72. The van der Waals surface area contributed by atoms with Gasteiger partial charge in [0.25, 0.3) is 5.91 Å². The number of benzene rings is 2. The predicted octanol–water partition coefficient (Wildman–Crippen LogP) is 0.875. The highest BCUT2D eigenvalue weighted by atomic mass is 32.2. The van der Waals surface area contributed by atoms with E-state index in [2.05, 4.69) is 21.3 Å². The zero-order chi connectivity index (χ0) is 23.1. The standard InChI is InChI=1S/C22H24N4O5S/c1-13(27)23-19-18(24-20(29)15-6-4-3-5-7-15)21(30)26-22(25-19)32-12-17(28)14-8-10-16(31-2)11-9-14/h3-11,18-19,22,25H,12H2,1-2H3,(H,23,27)(H,24,29)(H,26,30). The zero-order valence-corrected chi connectivity index (χ0v) is 18.4. The number of amides is 3. The minimum atomic E-state index is -1.03. The van der Waals surface area contributed by atoms with Crippen LogP contribution in [0.3, 0.4) is 0 Å². The van der Waals surface area contributed by atoms with Crippen molar-refractivity contribution in [3.63, 3.8) is 0 Å². The van der Waals surface area contributed by atoms with Crippen molar-refractivity contribution in [2.45, 2.75) is 24.6 Å². The van der Waals surface area contributed by atoms with E-state index in [9.17, 15) is 19.2 Å². The number of carbonyl (C=O) groups excluding carboxylic acids is 4. The summed E-state index contributed by atoms with van der Waals surface area (Å²) in [6.07, 6.45) is -0.845. The molecule has 0 aromatic heterocycles. The molecule has 3 atom stereocenters. The molecule has 168 valence electrons. The van der Waals surface area contributed by atoms with Crippen LogP contribution >= 0.6 is 11.8 Å². The van der Waals surface area contributed by atoms with E-state index in [1.165, 1.54) is 18.7 Å².